The summed E-state index contributed by atoms with van der Waals surface area (Å²) in [5.41, 5.74) is 1.10. The summed E-state index contributed by atoms with van der Waals surface area (Å²) in [7, 11) is -3.53. The van der Waals surface area contributed by atoms with Crippen LogP contribution in [0.25, 0.3) is 0 Å². The molecule has 2 heterocycles. The van der Waals surface area contributed by atoms with Crippen molar-refractivity contribution in [2.45, 2.75) is 30.6 Å². The van der Waals surface area contributed by atoms with Gasteiger partial charge in [-0.25, -0.2) is 8.42 Å². The number of hydrogen-bond donors (Lipinski definition) is 0. The number of likely N-dealkylation sites (N-methyl/N-ethyl adjacent to an activating group) is 1. The van der Waals surface area contributed by atoms with E-state index >= 15 is 0 Å². The fourth-order valence-electron chi connectivity index (χ4n) is 3.46. The van der Waals surface area contributed by atoms with Gasteiger partial charge >= 0.3 is 0 Å². The topological polar surface area (TPSA) is 60.9 Å². The highest BCUT2D eigenvalue weighted by molar-refractivity contribution is 7.91. The van der Waals surface area contributed by atoms with E-state index in [-0.39, 0.29) is 16.2 Å². The van der Waals surface area contributed by atoms with Gasteiger partial charge in [-0.3, -0.25) is 9.69 Å². The van der Waals surface area contributed by atoms with Crippen LogP contribution in [-0.2, 0) is 21.4 Å². The zero-order valence-corrected chi connectivity index (χ0v) is 19.0. The molecule has 6 nitrogen and oxygen atoms in total. The average molecular weight is 456 g/mol. The lowest BCUT2D eigenvalue weighted by Crippen LogP contribution is -2.55. The van der Waals surface area contributed by atoms with E-state index in [2.05, 4.69) is 4.90 Å². The fraction of sp³-hybridized carbons (Fsp3) is 0.450. The van der Waals surface area contributed by atoms with E-state index in [4.69, 9.17) is 11.6 Å². The predicted octanol–water partition coefficient (Wildman–Crippen LogP) is 3.15. The molecule has 1 aliphatic rings. The highest BCUT2D eigenvalue weighted by Crippen LogP contribution is 2.28. The van der Waals surface area contributed by atoms with Gasteiger partial charge in [-0.05, 0) is 31.5 Å². The van der Waals surface area contributed by atoms with Crippen molar-refractivity contribution in [3.05, 3.63) is 52.4 Å². The molecular formula is C20H26ClN3O3S2. The number of benzene rings is 1. The number of piperazine rings is 1. The molecule has 0 bridgehead atoms. The molecule has 1 atom stereocenters. The largest absolute Gasteiger partial charge is 0.337 e. The Labute approximate surface area is 181 Å². The summed E-state index contributed by atoms with van der Waals surface area (Å²) in [4.78, 5) is 16.9. The van der Waals surface area contributed by atoms with Crippen LogP contribution in [0.2, 0.25) is 4.34 Å². The molecule has 2 aromatic rings. The smallest absolute Gasteiger partial charge is 0.252 e. The van der Waals surface area contributed by atoms with Crippen LogP contribution in [-0.4, -0.2) is 67.2 Å². The molecule has 0 radical (unpaired) electrons. The van der Waals surface area contributed by atoms with Crippen LogP contribution < -0.4 is 0 Å². The Morgan fingerprint density at radius 2 is 1.79 bits per heavy atom. The summed E-state index contributed by atoms with van der Waals surface area (Å²) in [5, 5.41) is 0. The predicted molar refractivity (Wildman–Crippen MR) is 117 cm³/mol. The van der Waals surface area contributed by atoms with E-state index in [9.17, 15) is 13.2 Å². The van der Waals surface area contributed by atoms with Crippen LogP contribution in [0.5, 0.6) is 0 Å². The minimum Gasteiger partial charge on any atom is -0.337 e. The van der Waals surface area contributed by atoms with Gasteiger partial charge in [-0.1, -0.05) is 41.9 Å². The molecule has 0 spiro atoms. The normalized spacial score (nSPS) is 17.2. The van der Waals surface area contributed by atoms with Crippen molar-refractivity contribution in [1.82, 2.24) is 14.1 Å². The van der Waals surface area contributed by atoms with Crippen LogP contribution in [0.15, 0.2) is 46.7 Å². The van der Waals surface area contributed by atoms with Crippen molar-refractivity contribution in [1.29, 1.82) is 0 Å². The molecule has 1 saturated heterocycles. The zero-order chi connectivity index (χ0) is 21.0. The van der Waals surface area contributed by atoms with Crippen molar-refractivity contribution in [2.75, 3.05) is 32.7 Å². The van der Waals surface area contributed by atoms with Gasteiger partial charge in [0.2, 0.25) is 5.91 Å². The molecule has 158 valence electrons. The first kappa shape index (κ1) is 22.2. The molecular weight excluding hydrogens is 430 g/mol. The third-order valence-electron chi connectivity index (χ3n) is 5.23. The Kier molecular flexibility index (Phi) is 7.34. The molecule has 9 heteroatoms. The maximum Gasteiger partial charge on any atom is 0.252 e. The third-order valence-corrected chi connectivity index (χ3v) is 8.83. The molecule has 1 aromatic carbocycles. The molecule has 1 fully saturated rings. The van der Waals surface area contributed by atoms with Crippen LogP contribution in [0.4, 0.5) is 0 Å². The van der Waals surface area contributed by atoms with Gasteiger partial charge < -0.3 is 4.90 Å². The number of amides is 1. The first-order chi connectivity index (χ1) is 13.8. The molecule has 0 aliphatic carbocycles. The SMILES string of the molecule is CCN(Cc1ccccc1)C(=O)[C@@H](C)N1CCN(S(=O)(=O)c2ccc(Cl)s2)CC1. The second kappa shape index (κ2) is 9.57. The van der Waals surface area contributed by atoms with E-state index in [0.29, 0.717) is 43.6 Å². The minimum absolute atomic E-state index is 0.0673. The van der Waals surface area contributed by atoms with Gasteiger partial charge in [-0.15, -0.1) is 11.3 Å². The molecule has 0 saturated carbocycles. The molecule has 0 unspecified atom stereocenters. The number of nitrogens with zero attached hydrogens (tertiary/aromatic N) is 3. The summed E-state index contributed by atoms with van der Waals surface area (Å²) in [6.07, 6.45) is 0. The number of carbonyl (C=O) groups is 1. The molecule has 3 rings (SSSR count). The van der Waals surface area contributed by atoms with Crippen LogP contribution in [0, 0.1) is 0 Å². The van der Waals surface area contributed by atoms with Crippen molar-refractivity contribution in [3.8, 4) is 0 Å². The van der Waals surface area contributed by atoms with Gasteiger partial charge in [0.1, 0.15) is 4.21 Å². The fourth-order valence-corrected chi connectivity index (χ4v) is 6.52. The average Bonchev–Trinajstić information content (AvgIpc) is 3.19. The standard InChI is InChI=1S/C20H26ClN3O3S2/c1-3-22(15-17-7-5-4-6-8-17)20(25)16(2)23-11-13-24(14-12-23)29(26,27)19-10-9-18(21)28-19/h4-10,16H,3,11-15H2,1-2H3/t16-/m1/s1. The van der Waals surface area contributed by atoms with E-state index in [0.717, 1.165) is 16.9 Å². The van der Waals surface area contributed by atoms with E-state index < -0.39 is 10.0 Å². The lowest BCUT2D eigenvalue weighted by atomic mass is 10.1. The van der Waals surface area contributed by atoms with Crippen LogP contribution >= 0.6 is 22.9 Å². The summed E-state index contributed by atoms with van der Waals surface area (Å²) in [6, 6.07) is 12.8. The number of carbonyl (C=O) groups excluding carboxylic acids is 1. The first-order valence-electron chi connectivity index (χ1n) is 9.65. The van der Waals surface area contributed by atoms with Crippen LogP contribution in [0.3, 0.4) is 0 Å². The Bertz CT molecular complexity index is 925. The molecule has 1 amide bonds. The highest BCUT2D eigenvalue weighted by Gasteiger charge is 2.33. The lowest BCUT2D eigenvalue weighted by Gasteiger charge is -2.38. The number of sulfonamides is 1. The van der Waals surface area contributed by atoms with Crippen molar-refractivity contribution < 1.29 is 13.2 Å². The number of rotatable bonds is 7. The number of thiophene rings is 1. The van der Waals surface area contributed by atoms with Crippen molar-refractivity contribution in [3.63, 3.8) is 0 Å². The third kappa shape index (κ3) is 5.19. The highest BCUT2D eigenvalue weighted by atomic mass is 35.5. The second-order valence-electron chi connectivity index (χ2n) is 7.01. The van der Waals surface area contributed by atoms with Gasteiger partial charge in [0.15, 0.2) is 0 Å². The van der Waals surface area contributed by atoms with E-state index in [1.54, 1.807) is 12.1 Å². The number of hydrogen-bond acceptors (Lipinski definition) is 5. The quantitative estimate of drug-likeness (QED) is 0.643. The maximum atomic E-state index is 13.0. The molecule has 29 heavy (non-hydrogen) atoms. The number of halogens is 1. The summed E-state index contributed by atoms with van der Waals surface area (Å²) in [6.45, 7) is 6.85. The van der Waals surface area contributed by atoms with Crippen molar-refractivity contribution in [2.24, 2.45) is 0 Å². The summed E-state index contributed by atoms with van der Waals surface area (Å²) in [5.74, 6) is 0.0673. The van der Waals surface area contributed by atoms with Gasteiger partial charge in [0.25, 0.3) is 10.0 Å². The summed E-state index contributed by atoms with van der Waals surface area (Å²) < 4.78 is 27.7. The van der Waals surface area contributed by atoms with Gasteiger partial charge in [0.05, 0.1) is 10.4 Å². The Balaban J connectivity index is 1.60. The first-order valence-corrected chi connectivity index (χ1v) is 12.3. The Morgan fingerprint density at radius 1 is 1.14 bits per heavy atom. The zero-order valence-electron chi connectivity index (χ0n) is 16.6. The lowest BCUT2D eigenvalue weighted by molar-refractivity contribution is -0.137. The molecule has 1 aromatic heterocycles. The maximum absolute atomic E-state index is 13.0. The van der Waals surface area contributed by atoms with E-state index in [1.807, 2.05) is 49.1 Å². The Hall–Kier alpha value is -1.45. The van der Waals surface area contributed by atoms with Crippen molar-refractivity contribution >= 4 is 38.9 Å². The monoisotopic (exact) mass is 455 g/mol. The molecule has 1 aliphatic heterocycles. The molecule has 0 N–H and O–H groups in total. The van der Waals surface area contributed by atoms with Gasteiger partial charge in [0, 0.05) is 39.3 Å². The minimum atomic E-state index is -3.53. The van der Waals surface area contributed by atoms with Gasteiger partial charge in [-0.2, -0.15) is 4.31 Å². The second-order valence-corrected chi connectivity index (χ2v) is 10.9. The Morgan fingerprint density at radius 3 is 2.34 bits per heavy atom. The van der Waals surface area contributed by atoms with E-state index in [1.165, 1.54) is 4.31 Å². The summed E-state index contributed by atoms with van der Waals surface area (Å²) >= 11 is 6.96. The van der Waals surface area contributed by atoms with Crippen LogP contribution in [0.1, 0.15) is 19.4 Å².